The van der Waals surface area contributed by atoms with Gasteiger partial charge in [-0.05, 0) is 44.0 Å². The van der Waals surface area contributed by atoms with Crippen LogP contribution in [-0.2, 0) is 0 Å². The Labute approximate surface area is 84.7 Å². The van der Waals surface area contributed by atoms with E-state index in [1.54, 1.807) is 6.07 Å². The van der Waals surface area contributed by atoms with Crippen molar-refractivity contribution in [3.05, 3.63) is 29.6 Å². The monoisotopic (exact) mass is 193 g/mol. The lowest BCUT2D eigenvalue weighted by molar-refractivity contribution is 0.627. The molecule has 0 bridgehead atoms. The zero-order chi connectivity index (χ0) is 10.6. The van der Waals surface area contributed by atoms with Crippen LogP contribution in [0.15, 0.2) is 23.2 Å². The van der Waals surface area contributed by atoms with Crippen LogP contribution in [0.5, 0.6) is 0 Å². The summed E-state index contributed by atoms with van der Waals surface area (Å²) in [6, 6.07) is 4.69. The van der Waals surface area contributed by atoms with E-state index in [0.717, 1.165) is 29.8 Å². The molecule has 2 heteroatoms. The third kappa shape index (κ3) is 2.95. The lowest BCUT2D eigenvalue weighted by atomic mass is 10.2. The maximum Gasteiger partial charge on any atom is 0.123 e. The van der Waals surface area contributed by atoms with Crippen molar-refractivity contribution in [1.29, 1.82) is 0 Å². The second-order valence-electron chi connectivity index (χ2n) is 3.53. The van der Waals surface area contributed by atoms with Gasteiger partial charge < -0.3 is 0 Å². The molecule has 1 rings (SSSR count). The van der Waals surface area contributed by atoms with E-state index in [2.05, 4.69) is 11.9 Å². The van der Waals surface area contributed by atoms with Crippen molar-refractivity contribution < 1.29 is 4.39 Å². The highest BCUT2D eigenvalue weighted by Gasteiger charge is 1.98. The topological polar surface area (TPSA) is 12.4 Å². The number of rotatable bonds is 3. The van der Waals surface area contributed by atoms with E-state index in [1.165, 1.54) is 12.1 Å². The van der Waals surface area contributed by atoms with E-state index in [0.29, 0.717) is 0 Å². The van der Waals surface area contributed by atoms with Crippen LogP contribution in [0.25, 0.3) is 0 Å². The fourth-order valence-corrected chi connectivity index (χ4v) is 1.37. The second kappa shape index (κ2) is 4.89. The Morgan fingerprint density at radius 2 is 2.14 bits per heavy atom. The summed E-state index contributed by atoms with van der Waals surface area (Å²) in [4.78, 5) is 4.44. The van der Waals surface area contributed by atoms with Crippen LogP contribution < -0.4 is 0 Å². The van der Waals surface area contributed by atoms with Gasteiger partial charge in [-0.25, -0.2) is 4.39 Å². The van der Waals surface area contributed by atoms with E-state index < -0.39 is 0 Å². The van der Waals surface area contributed by atoms with Crippen molar-refractivity contribution in [3.8, 4) is 0 Å². The molecule has 76 valence electrons. The number of aliphatic imine (C=N–C) groups is 1. The molecule has 1 aromatic carbocycles. The maximum absolute atomic E-state index is 12.8. The highest BCUT2D eigenvalue weighted by molar-refractivity contribution is 5.84. The quantitative estimate of drug-likeness (QED) is 0.643. The van der Waals surface area contributed by atoms with E-state index in [1.807, 2.05) is 13.8 Å². The molecule has 0 amide bonds. The summed E-state index contributed by atoms with van der Waals surface area (Å²) < 4.78 is 12.8. The average molecular weight is 193 g/mol. The molecule has 0 heterocycles. The van der Waals surface area contributed by atoms with Crippen LogP contribution in [0.1, 0.15) is 32.3 Å². The summed E-state index contributed by atoms with van der Waals surface area (Å²) in [6.07, 6.45) is 2.09. The first-order chi connectivity index (χ1) is 6.63. The standard InChI is InChI=1S/C12H16FN/c1-4-5-10(3)14-12-7-6-11(13)8-9(12)2/h6-8H,4-5H2,1-3H3. The molecule has 1 nitrogen and oxygen atoms in total. The minimum Gasteiger partial charge on any atom is -0.258 e. The van der Waals surface area contributed by atoms with E-state index in [9.17, 15) is 4.39 Å². The third-order valence-electron chi connectivity index (χ3n) is 2.08. The summed E-state index contributed by atoms with van der Waals surface area (Å²) in [5.74, 6) is -0.199. The maximum atomic E-state index is 12.8. The molecule has 0 fully saturated rings. The van der Waals surface area contributed by atoms with Gasteiger partial charge in [0.05, 0.1) is 5.69 Å². The van der Waals surface area contributed by atoms with Crippen LogP contribution in [-0.4, -0.2) is 5.71 Å². The first kappa shape index (κ1) is 10.9. The minimum atomic E-state index is -0.199. The lowest BCUT2D eigenvalue weighted by Gasteiger charge is -2.02. The van der Waals surface area contributed by atoms with Crippen molar-refractivity contribution in [1.82, 2.24) is 0 Å². The summed E-state index contributed by atoms with van der Waals surface area (Å²) in [5.41, 5.74) is 2.86. The van der Waals surface area contributed by atoms with E-state index in [-0.39, 0.29) is 5.82 Å². The smallest absolute Gasteiger partial charge is 0.123 e. The molecule has 1 aromatic rings. The first-order valence-electron chi connectivity index (χ1n) is 4.93. The zero-order valence-corrected chi connectivity index (χ0v) is 8.97. The molecule has 0 spiro atoms. The van der Waals surface area contributed by atoms with Crippen LogP contribution in [0.3, 0.4) is 0 Å². The van der Waals surface area contributed by atoms with Gasteiger partial charge in [-0.3, -0.25) is 4.99 Å². The highest BCUT2D eigenvalue weighted by Crippen LogP contribution is 2.19. The molecule has 0 aliphatic carbocycles. The van der Waals surface area contributed by atoms with Crippen molar-refractivity contribution in [3.63, 3.8) is 0 Å². The molecule has 0 saturated carbocycles. The summed E-state index contributed by atoms with van der Waals surface area (Å²) in [6.45, 7) is 6.00. The Morgan fingerprint density at radius 1 is 1.43 bits per heavy atom. The van der Waals surface area contributed by atoms with Gasteiger partial charge in [0.15, 0.2) is 0 Å². The summed E-state index contributed by atoms with van der Waals surface area (Å²) in [5, 5.41) is 0. The molecule has 0 radical (unpaired) electrons. The summed E-state index contributed by atoms with van der Waals surface area (Å²) in [7, 11) is 0. The molecule has 0 aliphatic rings. The number of benzene rings is 1. The molecular weight excluding hydrogens is 177 g/mol. The van der Waals surface area contributed by atoms with Gasteiger partial charge >= 0.3 is 0 Å². The lowest BCUT2D eigenvalue weighted by Crippen LogP contribution is -1.89. The second-order valence-corrected chi connectivity index (χ2v) is 3.53. The molecule has 14 heavy (non-hydrogen) atoms. The average Bonchev–Trinajstić information content (AvgIpc) is 2.10. The van der Waals surface area contributed by atoms with Crippen molar-refractivity contribution in [2.24, 2.45) is 4.99 Å². The van der Waals surface area contributed by atoms with Crippen LogP contribution in [0.4, 0.5) is 10.1 Å². The van der Waals surface area contributed by atoms with Gasteiger partial charge in [0.1, 0.15) is 5.82 Å². The Balaban J connectivity index is 2.91. The molecular formula is C12H16FN. The van der Waals surface area contributed by atoms with Gasteiger partial charge in [-0.15, -0.1) is 0 Å². The number of nitrogens with zero attached hydrogens (tertiary/aromatic N) is 1. The fourth-order valence-electron chi connectivity index (χ4n) is 1.37. The zero-order valence-electron chi connectivity index (χ0n) is 8.97. The van der Waals surface area contributed by atoms with Gasteiger partial charge in [0, 0.05) is 5.71 Å². The Hall–Kier alpha value is -1.18. The molecule has 0 aromatic heterocycles. The molecule has 0 saturated heterocycles. The van der Waals surface area contributed by atoms with E-state index in [4.69, 9.17) is 0 Å². The van der Waals surface area contributed by atoms with Crippen LogP contribution >= 0.6 is 0 Å². The SMILES string of the molecule is CCCC(C)=Nc1ccc(F)cc1C. The third-order valence-corrected chi connectivity index (χ3v) is 2.08. The largest absolute Gasteiger partial charge is 0.258 e. The van der Waals surface area contributed by atoms with Gasteiger partial charge in [0.25, 0.3) is 0 Å². The number of halogens is 1. The fraction of sp³-hybridized carbons (Fsp3) is 0.417. The first-order valence-corrected chi connectivity index (χ1v) is 4.93. The Kier molecular flexibility index (Phi) is 3.81. The molecule has 0 aliphatic heterocycles. The van der Waals surface area contributed by atoms with Crippen LogP contribution in [0, 0.1) is 12.7 Å². The van der Waals surface area contributed by atoms with Crippen LogP contribution in [0.2, 0.25) is 0 Å². The minimum absolute atomic E-state index is 0.199. The molecule has 0 atom stereocenters. The van der Waals surface area contributed by atoms with Crippen molar-refractivity contribution in [2.45, 2.75) is 33.6 Å². The number of hydrogen-bond acceptors (Lipinski definition) is 1. The van der Waals surface area contributed by atoms with Gasteiger partial charge in [0.2, 0.25) is 0 Å². The normalized spacial score (nSPS) is 11.9. The Morgan fingerprint density at radius 3 is 2.71 bits per heavy atom. The van der Waals surface area contributed by atoms with Crippen molar-refractivity contribution in [2.75, 3.05) is 0 Å². The number of aryl methyl sites for hydroxylation is 1. The number of hydrogen-bond donors (Lipinski definition) is 0. The molecule has 0 unspecified atom stereocenters. The predicted molar refractivity (Wildman–Crippen MR) is 58.8 cm³/mol. The van der Waals surface area contributed by atoms with Gasteiger partial charge in [-0.2, -0.15) is 0 Å². The van der Waals surface area contributed by atoms with Gasteiger partial charge in [-0.1, -0.05) is 13.3 Å². The highest BCUT2D eigenvalue weighted by atomic mass is 19.1. The van der Waals surface area contributed by atoms with E-state index >= 15 is 0 Å². The van der Waals surface area contributed by atoms with Crippen molar-refractivity contribution >= 4 is 11.4 Å². The predicted octanol–water partition coefficient (Wildman–Crippen LogP) is 4.03. The summed E-state index contributed by atoms with van der Waals surface area (Å²) >= 11 is 0. The molecule has 0 N–H and O–H groups in total. The Bertz CT molecular complexity index is 342.